The van der Waals surface area contributed by atoms with Crippen LogP contribution in [-0.2, 0) is 4.84 Å². The summed E-state index contributed by atoms with van der Waals surface area (Å²) in [6.07, 6.45) is 0.954. The Morgan fingerprint density at radius 2 is 1.96 bits per heavy atom. The van der Waals surface area contributed by atoms with E-state index in [1.54, 1.807) is 0 Å². The van der Waals surface area contributed by atoms with Crippen LogP contribution in [0.15, 0.2) is 24.3 Å². The number of anilines is 1. The van der Waals surface area contributed by atoms with Gasteiger partial charge in [0.1, 0.15) is 0 Å². The molecular weight excluding hydrogens is 421 g/mol. The van der Waals surface area contributed by atoms with Crippen LogP contribution in [0.5, 0.6) is 0 Å². The molecule has 1 aliphatic rings. The maximum Gasteiger partial charge on any atom is 0.201 e. The quantitative estimate of drug-likeness (QED) is 0.397. The summed E-state index contributed by atoms with van der Waals surface area (Å²) in [4.78, 5) is 10.6. The topological polar surface area (TPSA) is 19.0 Å². The first-order valence-electron chi connectivity index (χ1n) is 8.04. The van der Waals surface area contributed by atoms with Gasteiger partial charge in [-0.15, -0.1) is 0 Å². The molecule has 0 radical (unpaired) electrons. The number of nitrogens with zero attached hydrogens (tertiary/aromatic N) is 3. The van der Waals surface area contributed by atoms with Gasteiger partial charge in [0.2, 0.25) is 5.11 Å². The third-order valence-corrected chi connectivity index (χ3v) is 5.09. The van der Waals surface area contributed by atoms with Crippen molar-refractivity contribution in [3.63, 3.8) is 0 Å². The largest absolute Gasteiger partial charge is 0.339 e. The van der Waals surface area contributed by atoms with Crippen molar-refractivity contribution in [3.05, 3.63) is 27.8 Å². The second-order valence-corrected chi connectivity index (χ2v) is 8.20. The Morgan fingerprint density at radius 1 is 1.30 bits per heavy atom. The van der Waals surface area contributed by atoms with E-state index in [0.717, 1.165) is 36.9 Å². The lowest BCUT2D eigenvalue weighted by Gasteiger charge is -2.48. The molecule has 2 rings (SSSR count). The summed E-state index contributed by atoms with van der Waals surface area (Å²) in [5, 5.41) is 2.57. The summed E-state index contributed by atoms with van der Waals surface area (Å²) in [5.41, 5.74) is 0.972. The third kappa shape index (κ3) is 4.78. The molecule has 1 aromatic carbocycles. The van der Waals surface area contributed by atoms with Gasteiger partial charge in [-0.3, -0.25) is 4.84 Å². The van der Waals surface area contributed by atoms with Gasteiger partial charge in [-0.25, -0.2) is 0 Å². The van der Waals surface area contributed by atoms with Crippen molar-refractivity contribution >= 4 is 45.6 Å². The number of piperazine rings is 1. The van der Waals surface area contributed by atoms with Gasteiger partial charge in [0.15, 0.2) is 0 Å². The van der Waals surface area contributed by atoms with Crippen molar-refractivity contribution in [3.8, 4) is 0 Å². The van der Waals surface area contributed by atoms with Crippen molar-refractivity contribution in [2.45, 2.75) is 32.7 Å². The van der Waals surface area contributed by atoms with Crippen LogP contribution in [0.4, 0.5) is 5.69 Å². The van der Waals surface area contributed by atoms with Crippen molar-refractivity contribution in [1.82, 2.24) is 9.80 Å². The average Bonchev–Trinajstić information content (AvgIpc) is 2.48. The van der Waals surface area contributed by atoms with Crippen LogP contribution in [-0.4, -0.2) is 53.7 Å². The number of halogens is 1. The number of likely N-dealkylation sites (N-methyl/N-ethyl adjacent to an activating group) is 1. The van der Waals surface area contributed by atoms with Gasteiger partial charge in [-0.05, 0) is 86.4 Å². The zero-order valence-electron chi connectivity index (χ0n) is 14.4. The van der Waals surface area contributed by atoms with Gasteiger partial charge in [0.05, 0.1) is 12.3 Å². The van der Waals surface area contributed by atoms with Crippen LogP contribution < -0.4 is 5.06 Å². The molecule has 0 spiro atoms. The molecule has 1 saturated heterocycles. The molecule has 1 fully saturated rings. The Balaban J connectivity index is 2.24. The molecule has 6 heteroatoms. The molecule has 23 heavy (non-hydrogen) atoms. The van der Waals surface area contributed by atoms with Crippen LogP contribution in [0.3, 0.4) is 0 Å². The number of hydroxylamine groups is 1. The lowest BCUT2D eigenvalue weighted by molar-refractivity contribution is 0.0735. The maximum absolute atomic E-state index is 5.99. The van der Waals surface area contributed by atoms with E-state index in [4.69, 9.17) is 17.1 Å². The predicted octanol–water partition coefficient (Wildman–Crippen LogP) is 3.75. The third-order valence-electron chi connectivity index (χ3n) is 3.98. The van der Waals surface area contributed by atoms with Crippen molar-refractivity contribution < 1.29 is 4.84 Å². The first kappa shape index (κ1) is 18.9. The van der Waals surface area contributed by atoms with Crippen LogP contribution in [0.25, 0.3) is 0 Å². The highest BCUT2D eigenvalue weighted by atomic mass is 127. The monoisotopic (exact) mass is 447 g/mol. The van der Waals surface area contributed by atoms with E-state index in [-0.39, 0.29) is 5.54 Å². The highest BCUT2D eigenvalue weighted by Crippen LogP contribution is 2.25. The second kappa shape index (κ2) is 8.09. The molecule has 0 atom stereocenters. The molecule has 4 nitrogen and oxygen atoms in total. The summed E-state index contributed by atoms with van der Waals surface area (Å²) < 4.78 is 1.20. The Hall–Kier alpha value is -0.440. The van der Waals surface area contributed by atoms with E-state index >= 15 is 0 Å². The van der Waals surface area contributed by atoms with E-state index in [1.165, 1.54) is 3.57 Å². The van der Waals surface area contributed by atoms with Crippen LogP contribution >= 0.6 is 34.8 Å². The number of rotatable bonds is 4. The van der Waals surface area contributed by atoms with Crippen LogP contribution in [0, 0.1) is 3.57 Å². The summed E-state index contributed by atoms with van der Waals surface area (Å²) >= 11 is 8.13. The van der Waals surface area contributed by atoms with E-state index < -0.39 is 0 Å². The summed E-state index contributed by atoms with van der Waals surface area (Å²) in [5.74, 6) is 0. The highest BCUT2D eigenvalue weighted by molar-refractivity contribution is 14.1. The fourth-order valence-corrected chi connectivity index (χ4v) is 3.72. The van der Waals surface area contributed by atoms with Gasteiger partial charge in [-0.1, -0.05) is 6.92 Å². The van der Waals surface area contributed by atoms with Gasteiger partial charge in [-0.2, -0.15) is 5.06 Å². The number of hydrogen-bond donors (Lipinski definition) is 0. The summed E-state index contributed by atoms with van der Waals surface area (Å²) in [6.45, 7) is 10.1. The molecule has 0 bridgehead atoms. The summed E-state index contributed by atoms with van der Waals surface area (Å²) in [7, 11) is 2.16. The fraction of sp³-hybridized carbons (Fsp3) is 0.588. The molecule has 0 amide bonds. The second-order valence-electron chi connectivity index (χ2n) is 6.59. The van der Waals surface area contributed by atoms with Crippen LogP contribution in [0.2, 0.25) is 0 Å². The average molecular weight is 447 g/mol. The Morgan fingerprint density at radius 3 is 2.52 bits per heavy atom. The fourth-order valence-electron chi connectivity index (χ4n) is 2.86. The Kier molecular flexibility index (Phi) is 6.65. The number of thiocarbonyl (C=S) groups is 1. The maximum atomic E-state index is 5.99. The van der Waals surface area contributed by atoms with Gasteiger partial charge in [0, 0.05) is 28.7 Å². The minimum atomic E-state index is -0.0128. The van der Waals surface area contributed by atoms with Crippen LogP contribution in [0.1, 0.15) is 27.2 Å². The standard InChI is InChI=1S/C17H26IN3OS/c1-5-12-22-21(15-8-6-14(18)7-9-15)16(23)20-11-10-19(4)13-17(20,2)3/h6-9H,5,10-13H2,1-4H3. The van der Waals surface area contributed by atoms with Gasteiger partial charge in [0.25, 0.3) is 0 Å². The molecule has 1 aromatic rings. The molecule has 128 valence electrons. The number of hydrogen-bond acceptors (Lipinski definition) is 3. The van der Waals surface area contributed by atoms with Crippen molar-refractivity contribution in [2.75, 3.05) is 38.4 Å². The zero-order chi connectivity index (χ0) is 17.0. The van der Waals surface area contributed by atoms with Crippen molar-refractivity contribution in [1.29, 1.82) is 0 Å². The molecule has 1 aliphatic heterocycles. The van der Waals surface area contributed by atoms with E-state index in [1.807, 2.05) is 5.06 Å². The lowest BCUT2D eigenvalue weighted by Crippen LogP contribution is -2.62. The molecule has 1 heterocycles. The summed E-state index contributed by atoms with van der Waals surface area (Å²) in [6, 6.07) is 8.28. The van der Waals surface area contributed by atoms with E-state index in [9.17, 15) is 0 Å². The van der Waals surface area contributed by atoms with E-state index in [0.29, 0.717) is 6.61 Å². The molecule has 0 N–H and O–H groups in total. The zero-order valence-corrected chi connectivity index (χ0v) is 17.4. The molecular formula is C17H26IN3OS. The minimum Gasteiger partial charge on any atom is -0.339 e. The SMILES string of the molecule is CCCON(C(=S)N1CCN(C)CC1(C)C)c1ccc(I)cc1. The first-order chi connectivity index (χ1) is 10.8. The number of benzene rings is 1. The Bertz CT molecular complexity index is 535. The smallest absolute Gasteiger partial charge is 0.201 e. The lowest BCUT2D eigenvalue weighted by atomic mass is 10.00. The van der Waals surface area contributed by atoms with Gasteiger partial charge < -0.3 is 9.80 Å². The highest BCUT2D eigenvalue weighted by Gasteiger charge is 2.36. The first-order valence-corrected chi connectivity index (χ1v) is 9.52. The molecule has 0 saturated carbocycles. The minimum absolute atomic E-state index is 0.0128. The molecule has 0 aliphatic carbocycles. The van der Waals surface area contributed by atoms with Crippen molar-refractivity contribution in [2.24, 2.45) is 0 Å². The van der Waals surface area contributed by atoms with E-state index in [2.05, 4.69) is 84.5 Å². The predicted molar refractivity (Wildman–Crippen MR) is 109 cm³/mol. The molecule has 0 aromatic heterocycles. The molecule has 0 unspecified atom stereocenters. The normalized spacial score (nSPS) is 18.0. The Labute approximate surface area is 158 Å². The van der Waals surface area contributed by atoms with Gasteiger partial charge >= 0.3 is 0 Å².